The van der Waals surface area contributed by atoms with Crippen LogP contribution in [0, 0.1) is 0 Å². The molecule has 0 unspecified atom stereocenters. The first-order chi connectivity index (χ1) is 13.2. The lowest BCUT2D eigenvalue weighted by molar-refractivity contribution is 0.0996. The van der Waals surface area contributed by atoms with Gasteiger partial charge in [-0.1, -0.05) is 0 Å². The van der Waals surface area contributed by atoms with E-state index in [1.165, 1.54) is 0 Å². The Labute approximate surface area is 157 Å². The van der Waals surface area contributed by atoms with Gasteiger partial charge in [-0.25, -0.2) is 4.79 Å². The van der Waals surface area contributed by atoms with Gasteiger partial charge in [0.1, 0.15) is 6.10 Å². The van der Waals surface area contributed by atoms with Crippen LogP contribution in [0.25, 0.3) is 0 Å². The summed E-state index contributed by atoms with van der Waals surface area (Å²) in [5.41, 5.74) is 1.81. The Bertz CT molecular complexity index is 795. The van der Waals surface area contributed by atoms with Crippen molar-refractivity contribution >= 4 is 17.6 Å². The molecule has 4 rings (SSSR count). The number of rotatable bonds is 0. The summed E-state index contributed by atoms with van der Waals surface area (Å²) >= 11 is 0. The number of alkyl carbamates (subject to hydrolysis) is 1. The fourth-order valence-corrected chi connectivity index (χ4v) is 3.60. The number of nitrogens with zero attached hydrogens (tertiary/aromatic N) is 3. The van der Waals surface area contributed by atoms with Crippen molar-refractivity contribution in [1.82, 2.24) is 25.7 Å². The smallest absolute Gasteiger partial charge is 0.407 e. The third-order valence-electron chi connectivity index (χ3n) is 4.98. The van der Waals surface area contributed by atoms with Crippen LogP contribution in [-0.4, -0.2) is 45.2 Å². The lowest BCUT2D eigenvalue weighted by Gasteiger charge is -2.15. The minimum absolute atomic E-state index is 0.0427. The predicted molar refractivity (Wildman–Crippen MR) is 98.1 cm³/mol. The molecule has 1 saturated carbocycles. The van der Waals surface area contributed by atoms with Crippen molar-refractivity contribution in [2.24, 2.45) is 0 Å². The Morgan fingerprint density at radius 3 is 3.04 bits per heavy atom. The van der Waals surface area contributed by atoms with E-state index in [1.807, 2.05) is 19.1 Å². The molecule has 9 nitrogen and oxygen atoms in total. The van der Waals surface area contributed by atoms with Crippen molar-refractivity contribution in [3.63, 3.8) is 0 Å². The topological polar surface area (TPSA) is 114 Å². The van der Waals surface area contributed by atoms with Gasteiger partial charge in [0, 0.05) is 30.3 Å². The van der Waals surface area contributed by atoms with E-state index in [9.17, 15) is 4.79 Å². The average Bonchev–Trinajstić information content (AvgIpc) is 3.28. The molecule has 3 atom stereocenters. The van der Waals surface area contributed by atoms with Crippen molar-refractivity contribution in [3.8, 4) is 5.88 Å². The number of carbonyl (C=O) groups is 1. The summed E-state index contributed by atoms with van der Waals surface area (Å²) in [5, 5.41) is 21.5. The number of ether oxygens (including phenoxy) is 2. The molecule has 144 valence electrons. The molecule has 2 aliphatic rings. The zero-order chi connectivity index (χ0) is 18.6. The molecule has 2 aromatic heterocycles. The molecule has 1 aliphatic carbocycles. The molecule has 0 radical (unpaired) electrons. The molecule has 0 spiro atoms. The number of anilines is 2. The van der Waals surface area contributed by atoms with Crippen LogP contribution in [0.1, 0.15) is 50.6 Å². The second-order valence-corrected chi connectivity index (χ2v) is 7.15. The van der Waals surface area contributed by atoms with Crippen molar-refractivity contribution < 1.29 is 14.3 Å². The number of H-pyrrole nitrogens is 1. The zero-order valence-electron chi connectivity index (χ0n) is 15.3. The normalized spacial score (nSPS) is 26.0. The lowest BCUT2D eigenvalue weighted by Crippen LogP contribution is -2.29. The molecule has 9 heteroatoms. The fraction of sp³-hybridized carbons (Fsp3) is 0.556. The quantitative estimate of drug-likeness (QED) is 0.651. The van der Waals surface area contributed by atoms with E-state index in [-0.39, 0.29) is 18.3 Å². The summed E-state index contributed by atoms with van der Waals surface area (Å²) in [6.07, 6.45) is 5.41. The molecule has 1 amide bonds. The SMILES string of the molecule is C[C@H]1CCCNC(=O)O[C@@H]2CC[C@@H](C2)c2cc(n[nH]2)Nc2cnnc(c2)O1. The van der Waals surface area contributed by atoms with Gasteiger partial charge in [-0.3, -0.25) is 5.10 Å². The van der Waals surface area contributed by atoms with Crippen LogP contribution in [-0.2, 0) is 4.74 Å². The summed E-state index contributed by atoms with van der Waals surface area (Å²) < 4.78 is 11.4. The van der Waals surface area contributed by atoms with Gasteiger partial charge in [-0.15, -0.1) is 5.10 Å². The summed E-state index contributed by atoms with van der Waals surface area (Å²) in [7, 11) is 0. The van der Waals surface area contributed by atoms with Gasteiger partial charge < -0.3 is 20.1 Å². The van der Waals surface area contributed by atoms with Crippen molar-refractivity contribution in [2.45, 2.75) is 57.2 Å². The molecule has 0 saturated heterocycles. The van der Waals surface area contributed by atoms with Gasteiger partial charge >= 0.3 is 6.09 Å². The van der Waals surface area contributed by atoms with Gasteiger partial charge in [-0.05, 0) is 39.0 Å². The molecule has 3 N–H and O–H groups in total. The van der Waals surface area contributed by atoms with Gasteiger partial charge in [0.25, 0.3) is 0 Å². The molecule has 27 heavy (non-hydrogen) atoms. The number of aromatic nitrogens is 4. The van der Waals surface area contributed by atoms with Crippen molar-refractivity contribution in [2.75, 3.05) is 11.9 Å². The Hall–Kier alpha value is -2.84. The molecule has 3 heterocycles. The number of fused-ring (bicyclic) bond motifs is 7. The first-order valence-corrected chi connectivity index (χ1v) is 9.42. The highest BCUT2D eigenvalue weighted by Gasteiger charge is 2.30. The number of aromatic amines is 1. The van der Waals surface area contributed by atoms with Crippen LogP contribution in [0.5, 0.6) is 5.88 Å². The summed E-state index contributed by atoms with van der Waals surface area (Å²) in [6, 6.07) is 3.79. The Balaban J connectivity index is 1.53. The fourth-order valence-electron chi connectivity index (χ4n) is 3.60. The average molecular weight is 372 g/mol. The largest absolute Gasteiger partial charge is 0.474 e. The Kier molecular flexibility index (Phi) is 5.08. The van der Waals surface area contributed by atoms with E-state index in [0.29, 0.717) is 24.2 Å². The molecule has 6 bridgehead atoms. The standard InChI is InChI=1S/C18H24N6O3/c1-11-3-2-6-19-18(25)27-14-5-4-12(7-14)15-9-16(23-22-15)21-13-8-17(26-11)24-20-10-13/h8-12,14H,2-7H2,1H3,(H,19,25)(H2,21,22,23)/t11-,12-,14+/m0/s1. The minimum atomic E-state index is -0.346. The van der Waals surface area contributed by atoms with Crippen LogP contribution < -0.4 is 15.4 Å². The number of hydrogen-bond donors (Lipinski definition) is 3. The van der Waals surface area contributed by atoms with Crippen molar-refractivity contribution in [3.05, 3.63) is 24.0 Å². The van der Waals surface area contributed by atoms with Gasteiger partial charge in [0.2, 0.25) is 5.88 Å². The molecule has 1 aliphatic heterocycles. The molecular formula is C18H24N6O3. The van der Waals surface area contributed by atoms with Gasteiger partial charge in [0.15, 0.2) is 5.82 Å². The molecular weight excluding hydrogens is 348 g/mol. The monoisotopic (exact) mass is 372 g/mol. The highest BCUT2D eigenvalue weighted by molar-refractivity contribution is 5.67. The molecule has 2 aromatic rings. The zero-order valence-corrected chi connectivity index (χ0v) is 15.3. The van der Waals surface area contributed by atoms with Crippen LogP contribution in [0.4, 0.5) is 16.3 Å². The second-order valence-electron chi connectivity index (χ2n) is 7.15. The van der Waals surface area contributed by atoms with Crippen LogP contribution >= 0.6 is 0 Å². The minimum Gasteiger partial charge on any atom is -0.474 e. The van der Waals surface area contributed by atoms with Crippen molar-refractivity contribution in [1.29, 1.82) is 0 Å². The van der Waals surface area contributed by atoms with Crippen LogP contribution in [0.3, 0.4) is 0 Å². The third kappa shape index (κ3) is 4.47. The van der Waals surface area contributed by atoms with Gasteiger partial charge in [0.05, 0.1) is 18.0 Å². The van der Waals surface area contributed by atoms with E-state index >= 15 is 0 Å². The number of carbonyl (C=O) groups excluding carboxylic acids is 1. The van der Waals surface area contributed by atoms with E-state index < -0.39 is 0 Å². The first-order valence-electron chi connectivity index (χ1n) is 9.42. The van der Waals surface area contributed by atoms with E-state index in [0.717, 1.165) is 43.5 Å². The maximum atomic E-state index is 12.0. The maximum absolute atomic E-state index is 12.0. The molecule has 1 fully saturated rings. The Morgan fingerprint density at radius 1 is 1.19 bits per heavy atom. The summed E-state index contributed by atoms with van der Waals surface area (Å²) in [6.45, 7) is 2.52. The predicted octanol–water partition coefficient (Wildman–Crippen LogP) is 2.87. The van der Waals surface area contributed by atoms with E-state index in [2.05, 4.69) is 31.0 Å². The van der Waals surface area contributed by atoms with E-state index in [1.54, 1.807) is 6.20 Å². The Morgan fingerprint density at radius 2 is 2.11 bits per heavy atom. The number of hydrogen-bond acceptors (Lipinski definition) is 7. The first kappa shape index (κ1) is 17.6. The second kappa shape index (κ2) is 7.81. The van der Waals surface area contributed by atoms with Gasteiger partial charge in [-0.2, -0.15) is 10.2 Å². The number of amides is 1. The van der Waals surface area contributed by atoms with E-state index in [4.69, 9.17) is 9.47 Å². The number of nitrogens with one attached hydrogen (secondary N) is 3. The highest BCUT2D eigenvalue weighted by atomic mass is 16.6. The van der Waals surface area contributed by atoms with Crippen LogP contribution in [0.2, 0.25) is 0 Å². The highest BCUT2D eigenvalue weighted by Crippen LogP contribution is 2.36. The molecule has 0 aromatic carbocycles. The summed E-state index contributed by atoms with van der Waals surface area (Å²) in [5.74, 6) is 1.47. The maximum Gasteiger partial charge on any atom is 0.407 e. The lowest BCUT2D eigenvalue weighted by atomic mass is 10.0. The summed E-state index contributed by atoms with van der Waals surface area (Å²) in [4.78, 5) is 12.0. The van der Waals surface area contributed by atoms with Crippen LogP contribution in [0.15, 0.2) is 18.3 Å². The third-order valence-corrected chi connectivity index (χ3v) is 4.98.